The van der Waals surface area contributed by atoms with Crippen molar-refractivity contribution in [3.8, 4) is 0 Å². The summed E-state index contributed by atoms with van der Waals surface area (Å²) in [6, 6.07) is 17.8. The molecule has 0 aliphatic carbocycles. The molecule has 6 heteroatoms. The Kier molecular flexibility index (Phi) is 6.06. The molecule has 2 amide bonds. The lowest BCUT2D eigenvalue weighted by atomic mass is 10.1. The summed E-state index contributed by atoms with van der Waals surface area (Å²) in [5.41, 5.74) is 2.84. The van der Waals surface area contributed by atoms with Crippen LogP contribution in [-0.4, -0.2) is 23.3 Å². The van der Waals surface area contributed by atoms with E-state index >= 15 is 0 Å². The van der Waals surface area contributed by atoms with E-state index in [-0.39, 0.29) is 11.6 Å². The van der Waals surface area contributed by atoms with E-state index in [0.717, 1.165) is 11.3 Å². The number of aromatic nitrogens is 1. The predicted octanol–water partition coefficient (Wildman–Crippen LogP) is 4.96. The molecule has 2 aromatic carbocycles. The first-order valence-corrected chi connectivity index (χ1v) is 9.28. The molecule has 0 radical (unpaired) electrons. The molecule has 0 saturated heterocycles. The maximum absolute atomic E-state index is 13.0. The molecule has 5 nitrogen and oxygen atoms in total. The number of hydrogen-bond acceptors (Lipinski definition) is 3. The number of carbonyl (C=O) groups is 2. The van der Waals surface area contributed by atoms with Gasteiger partial charge in [0, 0.05) is 34.7 Å². The van der Waals surface area contributed by atoms with Gasteiger partial charge in [-0.3, -0.25) is 14.6 Å². The number of nitrogens with zero attached hydrogens (tertiary/aromatic N) is 2. The molecule has 0 atom stereocenters. The number of carbonyl (C=O) groups excluding carboxylic acids is 2. The monoisotopic (exact) mass is 393 g/mol. The Hall–Kier alpha value is -3.18. The first-order chi connectivity index (χ1) is 13.5. The smallest absolute Gasteiger partial charge is 0.274 e. The lowest BCUT2D eigenvalue weighted by Crippen LogP contribution is -2.31. The lowest BCUT2D eigenvalue weighted by molar-refractivity contribution is 0.0988. The Morgan fingerprint density at radius 2 is 1.82 bits per heavy atom. The Labute approximate surface area is 169 Å². The van der Waals surface area contributed by atoms with Crippen LogP contribution in [0.2, 0.25) is 5.02 Å². The highest BCUT2D eigenvalue weighted by molar-refractivity contribution is 6.31. The maximum Gasteiger partial charge on any atom is 0.274 e. The van der Waals surface area contributed by atoms with Gasteiger partial charge in [-0.05, 0) is 55.8 Å². The Bertz CT molecular complexity index is 1010. The second-order valence-electron chi connectivity index (χ2n) is 6.23. The van der Waals surface area contributed by atoms with Crippen molar-refractivity contribution in [2.75, 3.05) is 16.8 Å². The summed E-state index contributed by atoms with van der Waals surface area (Å²) in [5.74, 6) is -0.591. The van der Waals surface area contributed by atoms with E-state index in [0.29, 0.717) is 22.8 Å². The Morgan fingerprint density at radius 1 is 1.07 bits per heavy atom. The summed E-state index contributed by atoms with van der Waals surface area (Å²) in [4.78, 5) is 31.3. The summed E-state index contributed by atoms with van der Waals surface area (Å²) >= 11 is 6.00. The van der Waals surface area contributed by atoms with Crippen LogP contribution >= 0.6 is 11.6 Å². The summed E-state index contributed by atoms with van der Waals surface area (Å²) in [6.07, 6.45) is 1.46. The van der Waals surface area contributed by atoms with Crippen molar-refractivity contribution in [1.82, 2.24) is 4.98 Å². The zero-order chi connectivity index (χ0) is 20.1. The van der Waals surface area contributed by atoms with Crippen molar-refractivity contribution >= 4 is 34.8 Å². The van der Waals surface area contributed by atoms with Gasteiger partial charge in [0.05, 0.1) is 0 Å². The van der Waals surface area contributed by atoms with Crippen LogP contribution in [0.4, 0.5) is 11.4 Å². The molecular formula is C22H20ClN3O2. The molecule has 1 N–H and O–H groups in total. The number of rotatable bonds is 5. The van der Waals surface area contributed by atoms with Gasteiger partial charge in [0.25, 0.3) is 11.8 Å². The van der Waals surface area contributed by atoms with Gasteiger partial charge in [0.1, 0.15) is 5.69 Å². The molecule has 1 heterocycles. The van der Waals surface area contributed by atoms with E-state index < -0.39 is 5.91 Å². The average Bonchev–Trinajstić information content (AvgIpc) is 2.72. The normalized spacial score (nSPS) is 10.4. The molecule has 1 aromatic heterocycles. The van der Waals surface area contributed by atoms with Gasteiger partial charge in [0.15, 0.2) is 0 Å². The first kappa shape index (κ1) is 19.6. The fourth-order valence-corrected chi connectivity index (χ4v) is 2.98. The second-order valence-corrected chi connectivity index (χ2v) is 6.66. The molecule has 0 bridgehead atoms. The van der Waals surface area contributed by atoms with Crippen molar-refractivity contribution in [2.24, 2.45) is 0 Å². The molecule has 0 spiro atoms. The van der Waals surface area contributed by atoms with Gasteiger partial charge < -0.3 is 10.2 Å². The van der Waals surface area contributed by atoms with Gasteiger partial charge in [0.2, 0.25) is 0 Å². The topological polar surface area (TPSA) is 62.3 Å². The zero-order valence-electron chi connectivity index (χ0n) is 15.6. The molecule has 3 aromatic rings. The van der Waals surface area contributed by atoms with E-state index in [9.17, 15) is 9.59 Å². The van der Waals surface area contributed by atoms with Crippen LogP contribution in [-0.2, 0) is 0 Å². The molecule has 0 fully saturated rings. The molecule has 0 aliphatic heterocycles. The molecule has 142 valence electrons. The molecule has 0 aliphatic rings. The fraction of sp³-hybridized carbons (Fsp3) is 0.136. The van der Waals surface area contributed by atoms with Gasteiger partial charge in [-0.2, -0.15) is 0 Å². The quantitative estimate of drug-likeness (QED) is 0.666. The number of para-hydroxylation sites is 1. The summed E-state index contributed by atoms with van der Waals surface area (Å²) in [7, 11) is 0. The average molecular weight is 394 g/mol. The van der Waals surface area contributed by atoms with Gasteiger partial charge in [-0.25, -0.2) is 0 Å². The Morgan fingerprint density at radius 3 is 2.54 bits per heavy atom. The number of hydrogen-bond donors (Lipinski definition) is 1. The first-order valence-electron chi connectivity index (χ1n) is 8.90. The predicted molar refractivity (Wildman–Crippen MR) is 112 cm³/mol. The van der Waals surface area contributed by atoms with Crippen LogP contribution in [0.15, 0.2) is 66.9 Å². The summed E-state index contributed by atoms with van der Waals surface area (Å²) in [5, 5.41) is 3.32. The minimum Gasteiger partial charge on any atom is -0.320 e. The highest BCUT2D eigenvalue weighted by Crippen LogP contribution is 2.21. The number of amides is 2. The van der Waals surface area contributed by atoms with Crippen molar-refractivity contribution in [3.63, 3.8) is 0 Å². The number of aryl methyl sites for hydroxylation is 1. The standard InChI is InChI=1S/C22H20ClN3O2/c1-3-26(18-7-5-4-6-8-18)22(28)16-11-12-24-20(13-16)21(27)25-19-14-17(23)10-9-15(19)2/h4-14H,3H2,1-2H3,(H,25,27). The van der Waals surface area contributed by atoms with E-state index in [4.69, 9.17) is 11.6 Å². The maximum atomic E-state index is 13.0. The van der Waals surface area contributed by atoms with Crippen molar-refractivity contribution in [2.45, 2.75) is 13.8 Å². The number of nitrogens with one attached hydrogen (secondary N) is 1. The largest absolute Gasteiger partial charge is 0.320 e. The van der Waals surface area contributed by atoms with Crippen LogP contribution in [0.3, 0.4) is 0 Å². The number of halogens is 1. The fourth-order valence-electron chi connectivity index (χ4n) is 2.81. The Balaban J connectivity index is 1.84. The van der Waals surface area contributed by atoms with Gasteiger partial charge in [-0.15, -0.1) is 0 Å². The van der Waals surface area contributed by atoms with E-state index in [1.54, 1.807) is 23.1 Å². The third kappa shape index (κ3) is 4.38. The SMILES string of the molecule is CCN(C(=O)c1ccnc(C(=O)Nc2cc(Cl)ccc2C)c1)c1ccccc1. The van der Waals surface area contributed by atoms with E-state index in [1.165, 1.54) is 12.3 Å². The number of anilines is 2. The third-order valence-electron chi connectivity index (χ3n) is 4.32. The van der Waals surface area contributed by atoms with Crippen LogP contribution in [0.25, 0.3) is 0 Å². The van der Waals surface area contributed by atoms with Crippen molar-refractivity contribution < 1.29 is 9.59 Å². The minimum atomic E-state index is -0.400. The van der Waals surface area contributed by atoms with Crippen LogP contribution in [0.1, 0.15) is 33.3 Å². The van der Waals surface area contributed by atoms with E-state index in [1.807, 2.05) is 50.2 Å². The summed E-state index contributed by atoms with van der Waals surface area (Å²) < 4.78 is 0. The van der Waals surface area contributed by atoms with Crippen LogP contribution in [0, 0.1) is 6.92 Å². The van der Waals surface area contributed by atoms with Crippen LogP contribution < -0.4 is 10.2 Å². The third-order valence-corrected chi connectivity index (χ3v) is 4.55. The van der Waals surface area contributed by atoms with Gasteiger partial charge in [-0.1, -0.05) is 35.9 Å². The molecular weight excluding hydrogens is 374 g/mol. The summed E-state index contributed by atoms with van der Waals surface area (Å²) in [6.45, 7) is 4.29. The minimum absolute atomic E-state index is 0.161. The van der Waals surface area contributed by atoms with Crippen LogP contribution in [0.5, 0.6) is 0 Å². The molecule has 0 unspecified atom stereocenters. The highest BCUT2D eigenvalue weighted by atomic mass is 35.5. The number of pyridine rings is 1. The van der Waals surface area contributed by atoms with Gasteiger partial charge >= 0.3 is 0 Å². The molecule has 3 rings (SSSR count). The second kappa shape index (κ2) is 8.67. The molecule has 0 saturated carbocycles. The van der Waals surface area contributed by atoms with Crippen molar-refractivity contribution in [3.05, 3.63) is 88.7 Å². The van der Waals surface area contributed by atoms with E-state index in [2.05, 4.69) is 10.3 Å². The highest BCUT2D eigenvalue weighted by Gasteiger charge is 2.18. The van der Waals surface area contributed by atoms with Crippen molar-refractivity contribution in [1.29, 1.82) is 0 Å². The lowest BCUT2D eigenvalue weighted by Gasteiger charge is -2.21. The zero-order valence-corrected chi connectivity index (χ0v) is 16.4. The molecule has 28 heavy (non-hydrogen) atoms. The number of benzene rings is 2.